The lowest BCUT2D eigenvalue weighted by molar-refractivity contribution is -0.134. The molecule has 0 radical (unpaired) electrons. The first kappa shape index (κ1) is 21.4. The van der Waals surface area contributed by atoms with E-state index in [1.165, 1.54) is 31.3 Å². The van der Waals surface area contributed by atoms with E-state index < -0.39 is 28.1 Å². The fourth-order valence-corrected chi connectivity index (χ4v) is 3.67. The summed E-state index contributed by atoms with van der Waals surface area (Å²) in [6.07, 6.45) is -2.49. The number of fused-ring (bicyclic) bond motifs is 1. The molecule has 0 saturated heterocycles. The standard InChI is InChI=1S/C19H14F4N4O2S/c1-24-8-11(9-25-2)16-17(19(21,22)23)30-18-26-13(7-15(28)27(16)18)10-29-14-5-3-12(20)4-6-14/h3-9H,1,10H2,2H3/b11-8+,25-9-. The molecule has 0 amide bonds. The molecule has 11 heteroatoms. The fraction of sp³-hybridized carbons (Fsp3) is 0.158. The number of ether oxygens (including phenoxy) is 1. The number of hydrogen-bond acceptors (Lipinski definition) is 6. The zero-order valence-electron chi connectivity index (χ0n) is 15.5. The second kappa shape index (κ2) is 8.57. The van der Waals surface area contributed by atoms with E-state index in [1.54, 1.807) is 0 Å². The smallest absolute Gasteiger partial charge is 0.427 e. The van der Waals surface area contributed by atoms with Crippen LogP contribution in [0.4, 0.5) is 17.6 Å². The van der Waals surface area contributed by atoms with E-state index in [4.69, 9.17) is 4.74 Å². The Morgan fingerprint density at radius 3 is 2.63 bits per heavy atom. The van der Waals surface area contributed by atoms with Crippen molar-refractivity contribution >= 4 is 34.8 Å². The number of hydrogen-bond donors (Lipinski definition) is 0. The Bertz CT molecular complexity index is 1190. The molecule has 0 unspecified atom stereocenters. The summed E-state index contributed by atoms with van der Waals surface area (Å²) in [4.78, 5) is 22.9. The van der Waals surface area contributed by atoms with Gasteiger partial charge >= 0.3 is 6.18 Å². The maximum atomic E-state index is 13.7. The number of nitrogens with zero attached hydrogens (tertiary/aromatic N) is 4. The molecule has 0 fully saturated rings. The quantitative estimate of drug-likeness (QED) is 0.427. The molecule has 2 heterocycles. The van der Waals surface area contributed by atoms with Crippen LogP contribution in [0, 0.1) is 5.82 Å². The predicted octanol–water partition coefficient (Wildman–Crippen LogP) is 4.24. The summed E-state index contributed by atoms with van der Waals surface area (Å²) in [5.74, 6) is -0.123. The summed E-state index contributed by atoms with van der Waals surface area (Å²) in [5, 5.41) is 0. The largest absolute Gasteiger partial charge is 0.487 e. The van der Waals surface area contributed by atoms with Gasteiger partial charge in [0.15, 0.2) is 4.96 Å². The van der Waals surface area contributed by atoms with Crippen molar-refractivity contribution in [3.8, 4) is 5.75 Å². The van der Waals surface area contributed by atoms with Gasteiger partial charge in [0.1, 0.15) is 23.1 Å². The van der Waals surface area contributed by atoms with Crippen molar-refractivity contribution in [3.63, 3.8) is 0 Å². The van der Waals surface area contributed by atoms with Gasteiger partial charge in [0, 0.05) is 31.1 Å². The van der Waals surface area contributed by atoms with Crippen LogP contribution in [-0.4, -0.2) is 29.4 Å². The van der Waals surface area contributed by atoms with Crippen molar-refractivity contribution < 1.29 is 22.3 Å². The molecular formula is C19H14F4N4O2S. The van der Waals surface area contributed by atoms with Gasteiger partial charge in [-0.3, -0.25) is 19.2 Å². The number of thiazole rings is 1. The van der Waals surface area contributed by atoms with Crippen LogP contribution >= 0.6 is 11.3 Å². The summed E-state index contributed by atoms with van der Waals surface area (Å²) in [6.45, 7) is 3.07. The van der Waals surface area contributed by atoms with Crippen LogP contribution in [0.5, 0.6) is 5.75 Å². The second-order valence-electron chi connectivity index (χ2n) is 5.88. The molecule has 3 aromatic rings. The molecule has 0 saturated carbocycles. The summed E-state index contributed by atoms with van der Waals surface area (Å²) in [7, 11) is 1.38. The Balaban J connectivity index is 2.10. The van der Waals surface area contributed by atoms with Crippen LogP contribution in [0.15, 0.2) is 51.3 Å². The predicted molar refractivity (Wildman–Crippen MR) is 107 cm³/mol. The van der Waals surface area contributed by atoms with E-state index in [0.717, 1.165) is 22.9 Å². The number of benzene rings is 1. The minimum Gasteiger partial charge on any atom is -0.487 e. The number of aliphatic imine (C=N–C) groups is 2. The summed E-state index contributed by atoms with van der Waals surface area (Å²) in [5.41, 5.74) is -1.05. The highest BCUT2D eigenvalue weighted by molar-refractivity contribution is 7.17. The normalized spacial score (nSPS) is 12.6. The Kier molecular flexibility index (Phi) is 6.11. The molecular weight excluding hydrogens is 424 g/mol. The van der Waals surface area contributed by atoms with Crippen molar-refractivity contribution in [3.05, 3.63) is 69.0 Å². The van der Waals surface area contributed by atoms with Gasteiger partial charge in [0.25, 0.3) is 5.56 Å². The molecule has 0 aliphatic rings. The van der Waals surface area contributed by atoms with Crippen molar-refractivity contribution in [2.75, 3.05) is 7.05 Å². The van der Waals surface area contributed by atoms with Crippen LogP contribution in [0.2, 0.25) is 0 Å². The Morgan fingerprint density at radius 1 is 1.33 bits per heavy atom. The van der Waals surface area contributed by atoms with Gasteiger partial charge in [0.05, 0.1) is 11.4 Å². The van der Waals surface area contributed by atoms with Crippen LogP contribution < -0.4 is 10.3 Å². The monoisotopic (exact) mass is 438 g/mol. The van der Waals surface area contributed by atoms with Crippen LogP contribution in [0.3, 0.4) is 0 Å². The first-order valence-electron chi connectivity index (χ1n) is 8.34. The molecule has 0 N–H and O–H groups in total. The van der Waals surface area contributed by atoms with Crippen LogP contribution in [0.1, 0.15) is 16.3 Å². The van der Waals surface area contributed by atoms with Crippen molar-refractivity contribution in [2.24, 2.45) is 9.98 Å². The Hall–Kier alpha value is -3.34. The summed E-state index contributed by atoms with van der Waals surface area (Å²) < 4.78 is 60.2. The highest BCUT2D eigenvalue weighted by Gasteiger charge is 2.38. The first-order valence-corrected chi connectivity index (χ1v) is 9.16. The van der Waals surface area contributed by atoms with Gasteiger partial charge in [-0.2, -0.15) is 13.2 Å². The zero-order chi connectivity index (χ0) is 21.9. The van der Waals surface area contributed by atoms with Gasteiger partial charge in [0.2, 0.25) is 0 Å². The number of rotatable bonds is 6. The molecule has 3 rings (SSSR count). The van der Waals surface area contributed by atoms with Crippen molar-refractivity contribution in [1.29, 1.82) is 0 Å². The highest BCUT2D eigenvalue weighted by atomic mass is 32.1. The average Bonchev–Trinajstić information content (AvgIpc) is 3.08. The molecule has 2 aromatic heterocycles. The molecule has 0 bridgehead atoms. The topological polar surface area (TPSA) is 68.3 Å². The lowest BCUT2D eigenvalue weighted by Gasteiger charge is -2.08. The maximum Gasteiger partial charge on any atom is 0.427 e. The van der Waals surface area contributed by atoms with Crippen molar-refractivity contribution in [1.82, 2.24) is 9.38 Å². The highest BCUT2D eigenvalue weighted by Crippen LogP contribution is 2.39. The van der Waals surface area contributed by atoms with Gasteiger partial charge in [-0.1, -0.05) is 11.3 Å². The van der Waals surface area contributed by atoms with Crippen LogP contribution in [-0.2, 0) is 12.8 Å². The first-order chi connectivity index (χ1) is 14.2. The minimum atomic E-state index is -4.73. The van der Waals surface area contributed by atoms with E-state index >= 15 is 0 Å². The number of alkyl halides is 3. The number of aromatic nitrogens is 2. The molecule has 156 valence electrons. The van der Waals surface area contributed by atoms with Crippen molar-refractivity contribution in [2.45, 2.75) is 12.8 Å². The molecule has 0 aliphatic carbocycles. The number of allylic oxidation sites excluding steroid dienone is 1. The lowest BCUT2D eigenvalue weighted by atomic mass is 10.2. The number of halogens is 4. The van der Waals surface area contributed by atoms with E-state index in [9.17, 15) is 22.4 Å². The molecule has 1 aromatic carbocycles. The van der Waals surface area contributed by atoms with E-state index in [0.29, 0.717) is 17.1 Å². The van der Waals surface area contributed by atoms with Gasteiger partial charge in [-0.05, 0) is 31.0 Å². The van der Waals surface area contributed by atoms with E-state index in [2.05, 4.69) is 21.7 Å². The second-order valence-corrected chi connectivity index (χ2v) is 6.86. The SMILES string of the molecule is C=N/C=C(\C=N/C)c1c(C(F)(F)F)sc2nc(COc3ccc(F)cc3)cc(=O)n12. The third-order valence-electron chi connectivity index (χ3n) is 3.80. The maximum absolute atomic E-state index is 13.7. The van der Waals surface area contributed by atoms with E-state index in [1.807, 2.05) is 0 Å². The van der Waals surface area contributed by atoms with Crippen LogP contribution in [0.25, 0.3) is 10.5 Å². The third-order valence-corrected chi connectivity index (χ3v) is 4.89. The average molecular weight is 438 g/mol. The van der Waals surface area contributed by atoms with Gasteiger partial charge < -0.3 is 4.74 Å². The minimum absolute atomic E-state index is 0.0368. The summed E-state index contributed by atoms with van der Waals surface area (Å²) >= 11 is 0.320. The molecule has 0 aliphatic heterocycles. The molecule has 30 heavy (non-hydrogen) atoms. The molecule has 0 atom stereocenters. The third kappa shape index (κ3) is 4.46. The fourth-order valence-electron chi connectivity index (χ4n) is 2.63. The molecule has 0 spiro atoms. The van der Waals surface area contributed by atoms with Gasteiger partial charge in [-0.15, -0.1) is 0 Å². The van der Waals surface area contributed by atoms with E-state index in [-0.39, 0.29) is 22.8 Å². The zero-order valence-corrected chi connectivity index (χ0v) is 16.3. The van der Waals surface area contributed by atoms with Gasteiger partial charge in [-0.25, -0.2) is 9.37 Å². The summed E-state index contributed by atoms with van der Waals surface area (Å²) in [6, 6.07) is 6.23. The Morgan fingerprint density at radius 2 is 2.03 bits per heavy atom. The lowest BCUT2D eigenvalue weighted by Crippen LogP contribution is -2.18. The Labute approximate surface area is 171 Å². The molecule has 6 nitrogen and oxygen atoms in total.